The lowest BCUT2D eigenvalue weighted by Gasteiger charge is -2.48. The van der Waals surface area contributed by atoms with Gasteiger partial charge in [-0.1, -0.05) is 42.5 Å². The van der Waals surface area contributed by atoms with E-state index in [0.29, 0.717) is 28.8 Å². The number of amides is 1. The molecule has 3 aromatic carbocycles. The van der Waals surface area contributed by atoms with E-state index in [0.717, 1.165) is 0 Å². The number of halogens is 1. The Hall–Kier alpha value is -3.38. The molecule has 10 heteroatoms. The molecule has 212 valence electrons. The van der Waals surface area contributed by atoms with E-state index in [-0.39, 0.29) is 18.1 Å². The van der Waals surface area contributed by atoms with Gasteiger partial charge < -0.3 is 40.3 Å². The van der Waals surface area contributed by atoms with E-state index < -0.39 is 61.0 Å². The molecular weight excluding hydrogens is 521 g/mol. The van der Waals surface area contributed by atoms with Gasteiger partial charge in [0.15, 0.2) is 0 Å². The third-order valence-corrected chi connectivity index (χ3v) is 7.85. The van der Waals surface area contributed by atoms with E-state index in [1.165, 1.54) is 30.3 Å². The third-order valence-electron chi connectivity index (χ3n) is 7.85. The first kappa shape index (κ1) is 28.2. The Morgan fingerprint density at radius 1 is 0.925 bits per heavy atom. The Balaban J connectivity index is 1.41. The first-order valence-electron chi connectivity index (χ1n) is 13.2. The van der Waals surface area contributed by atoms with Gasteiger partial charge in [-0.25, -0.2) is 4.39 Å². The molecule has 6 N–H and O–H groups in total. The second kappa shape index (κ2) is 11.6. The molecule has 0 spiro atoms. The summed E-state index contributed by atoms with van der Waals surface area (Å²) < 4.78 is 18.9. The van der Waals surface area contributed by atoms with Crippen LogP contribution in [0.4, 0.5) is 10.1 Å². The van der Waals surface area contributed by atoms with Crippen molar-refractivity contribution in [2.75, 3.05) is 11.5 Å². The highest BCUT2D eigenvalue weighted by molar-refractivity contribution is 6.03. The van der Waals surface area contributed by atoms with Crippen LogP contribution in [0, 0.1) is 11.7 Å². The van der Waals surface area contributed by atoms with Crippen molar-refractivity contribution in [2.45, 2.75) is 55.5 Å². The van der Waals surface area contributed by atoms with Gasteiger partial charge in [-0.15, -0.1) is 0 Å². The minimum atomic E-state index is -1.56. The zero-order valence-electron chi connectivity index (χ0n) is 21.5. The standard InChI is InChI=1S/C30H32FNO8/c31-18-9-6-16(7-10-18)22(34)13-12-21-25(32(30(21)39)19-4-2-1-3-5-19)20-11-8-17(14-23(20)35)29-28(38)27(37)26(36)24(15-33)40-29/h1-11,14,21-22,24-29,33-38H,12-13,15H2/t21-,22+,24-,25-,26-,27+,28-,29+/m1/s1. The van der Waals surface area contributed by atoms with Gasteiger partial charge in [-0.3, -0.25) is 4.79 Å². The first-order valence-corrected chi connectivity index (χ1v) is 13.2. The molecule has 0 aromatic heterocycles. The maximum atomic E-state index is 13.3. The van der Waals surface area contributed by atoms with Crippen molar-refractivity contribution < 1.29 is 44.6 Å². The number of nitrogens with zero attached hydrogens (tertiary/aromatic N) is 1. The number of phenolic OH excluding ortho intramolecular Hbond substituents is 1. The molecule has 9 nitrogen and oxygen atoms in total. The number of hydrogen-bond acceptors (Lipinski definition) is 8. The summed E-state index contributed by atoms with van der Waals surface area (Å²) in [5.41, 5.74) is 1.94. The van der Waals surface area contributed by atoms with Crippen LogP contribution in [0.3, 0.4) is 0 Å². The van der Waals surface area contributed by atoms with Crippen LogP contribution in [-0.2, 0) is 9.53 Å². The fourth-order valence-corrected chi connectivity index (χ4v) is 5.62. The third kappa shape index (κ3) is 5.22. The predicted octanol–water partition coefficient (Wildman–Crippen LogP) is 2.26. The molecule has 2 aliphatic heterocycles. The number of anilines is 1. The lowest BCUT2D eigenvalue weighted by atomic mass is 9.77. The fraction of sp³-hybridized carbons (Fsp3) is 0.367. The Kier molecular flexibility index (Phi) is 8.18. The van der Waals surface area contributed by atoms with Gasteiger partial charge in [0.25, 0.3) is 0 Å². The molecule has 0 aliphatic carbocycles. The van der Waals surface area contributed by atoms with E-state index in [1.54, 1.807) is 41.3 Å². The summed E-state index contributed by atoms with van der Waals surface area (Å²) in [5.74, 6) is -1.30. The minimum Gasteiger partial charge on any atom is -0.508 e. The molecule has 0 saturated carbocycles. The molecule has 2 heterocycles. The number of aromatic hydroxyl groups is 1. The molecule has 2 saturated heterocycles. The smallest absolute Gasteiger partial charge is 0.233 e. The fourth-order valence-electron chi connectivity index (χ4n) is 5.62. The zero-order chi connectivity index (χ0) is 28.6. The average Bonchev–Trinajstić information content (AvgIpc) is 2.96. The van der Waals surface area contributed by atoms with Gasteiger partial charge in [0.1, 0.15) is 42.1 Å². The summed E-state index contributed by atoms with van der Waals surface area (Å²) in [5, 5.41) is 62.0. The quantitative estimate of drug-likeness (QED) is 0.233. The summed E-state index contributed by atoms with van der Waals surface area (Å²) >= 11 is 0. The highest BCUT2D eigenvalue weighted by Gasteiger charge is 2.50. The Morgan fingerprint density at radius 2 is 1.62 bits per heavy atom. The van der Waals surface area contributed by atoms with Crippen molar-refractivity contribution >= 4 is 11.6 Å². The van der Waals surface area contributed by atoms with Crippen molar-refractivity contribution in [3.05, 3.63) is 95.3 Å². The molecule has 2 aliphatic rings. The van der Waals surface area contributed by atoms with Gasteiger partial charge in [-0.05, 0) is 54.3 Å². The topological polar surface area (TPSA) is 151 Å². The summed E-state index contributed by atoms with van der Waals surface area (Å²) in [6, 6.07) is 18.6. The van der Waals surface area contributed by atoms with Gasteiger partial charge in [-0.2, -0.15) is 0 Å². The SMILES string of the molecule is O=C1[C@H](CC[C@H](O)c2ccc(F)cc2)[C@@H](c2ccc([C@@H]3O[C@H](CO)[C@@H](O)[C@H](O)[C@H]3O)cc2O)N1c1ccccc1. The number of benzene rings is 3. The molecule has 5 rings (SSSR count). The monoisotopic (exact) mass is 553 g/mol. The Bertz CT molecular complexity index is 1320. The van der Waals surface area contributed by atoms with Crippen LogP contribution < -0.4 is 4.90 Å². The van der Waals surface area contributed by atoms with Gasteiger partial charge in [0.2, 0.25) is 5.91 Å². The van der Waals surface area contributed by atoms with Gasteiger partial charge >= 0.3 is 0 Å². The average molecular weight is 554 g/mol. The van der Waals surface area contributed by atoms with Crippen LogP contribution in [0.2, 0.25) is 0 Å². The number of β-lactam (4-membered cyclic amide) rings is 1. The normalized spacial score (nSPS) is 29.2. The van der Waals surface area contributed by atoms with E-state index in [2.05, 4.69) is 0 Å². The molecule has 2 fully saturated rings. The number of aliphatic hydroxyl groups is 5. The number of aliphatic hydroxyl groups excluding tert-OH is 5. The van der Waals surface area contributed by atoms with Crippen LogP contribution in [0.15, 0.2) is 72.8 Å². The number of rotatable bonds is 8. The summed E-state index contributed by atoms with van der Waals surface area (Å²) in [7, 11) is 0. The van der Waals surface area contributed by atoms with Gasteiger partial charge in [0, 0.05) is 11.3 Å². The molecule has 0 bridgehead atoms. The minimum absolute atomic E-state index is 0.167. The van der Waals surface area contributed by atoms with Crippen molar-refractivity contribution in [3.63, 3.8) is 0 Å². The Morgan fingerprint density at radius 3 is 2.27 bits per heavy atom. The van der Waals surface area contributed by atoms with Gasteiger partial charge in [0.05, 0.1) is 24.7 Å². The summed E-state index contributed by atoms with van der Waals surface area (Å²) in [6.07, 6.45) is -7.14. The zero-order valence-corrected chi connectivity index (χ0v) is 21.5. The summed E-state index contributed by atoms with van der Waals surface area (Å²) in [6.45, 7) is -0.576. The van der Waals surface area contributed by atoms with E-state index >= 15 is 0 Å². The molecule has 40 heavy (non-hydrogen) atoms. The lowest BCUT2D eigenvalue weighted by Crippen LogP contribution is -2.55. The predicted molar refractivity (Wildman–Crippen MR) is 142 cm³/mol. The highest BCUT2D eigenvalue weighted by Crippen LogP contribution is 2.49. The molecule has 3 aromatic rings. The van der Waals surface area contributed by atoms with Crippen LogP contribution in [0.1, 0.15) is 47.8 Å². The van der Waals surface area contributed by atoms with Crippen LogP contribution in [0.5, 0.6) is 5.75 Å². The molecular formula is C30H32FNO8. The van der Waals surface area contributed by atoms with Crippen molar-refractivity contribution in [1.82, 2.24) is 0 Å². The maximum Gasteiger partial charge on any atom is 0.233 e. The maximum absolute atomic E-state index is 13.3. The van der Waals surface area contributed by atoms with Crippen LogP contribution in [0.25, 0.3) is 0 Å². The van der Waals surface area contributed by atoms with E-state index in [9.17, 15) is 39.8 Å². The second-order valence-electron chi connectivity index (χ2n) is 10.3. The number of hydrogen-bond donors (Lipinski definition) is 6. The van der Waals surface area contributed by atoms with Crippen molar-refractivity contribution in [3.8, 4) is 5.75 Å². The molecule has 0 unspecified atom stereocenters. The molecule has 0 radical (unpaired) electrons. The molecule has 8 atom stereocenters. The highest BCUT2D eigenvalue weighted by atomic mass is 19.1. The van der Waals surface area contributed by atoms with E-state index in [4.69, 9.17) is 4.74 Å². The largest absolute Gasteiger partial charge is 0.508 e. The lowest BCUT2D eigenvalue weighted by molar-refractivity contribution is -0.231. The number of phenols is 1. The first-order chi connectivity index (χ1) is 19.2. The van der Waals surface area contributed by atoms with Crippen molar-refractivity contribution in [1.29, 1.82) is 0 Å². The van der Waals surface area contributed by atoms with E-state index in [1.807, 2.05) is 6.07 Å². The van der Waals surface area contributed by atoms with Crippen LogP contribution in [-0.4, -0.2) is 67.6 Å². The Labute approximate surface area is 230 Å². The molecule has 1 amide bonds. The van der Waals surface area contributed by atoms with Crippen LogP contribution >= 0.6 is 0 Å². The second-order valence-corrected chi connectivity index (χ2v) is 10.3. The number of para-hydroxylation sites is 1. The number of carbonyl (C=O) groups is 1. The number of carbonyl (C=O) groups excluding carboxylic acids is 1. The van der Waals surface area contributed by atoms with Crippen molar-refractivity contribution in [2.24, 2.45) is 5.92 Å². The summed E-state index contributed by atoms with van der Waals surface area (Å²) in [4.78, 5) is 14.9. The number of ether oxygens (including phenoxy) is 1.